The largest absolute Gasteiger partial charge is 0.354 e. The normalized spacial score (nSPS) is 10.4. The molecule has 0 aliphatic rings. The van der Waals surface area contributed by atoms with Crippen molar-refractivity contribution in [3.63, 3.8) is 0 Å². The first-order chi connectivity index (χ1) is 7.74. The van der Waals surface area contributed by atoms with E-state index < -0.39 is 0 Å². The molecule has 5 nitrogen and oxygen atoms in total. The third-order valence-corrected chi connectivity index (χ3v) is 2.63. The molecule has 0 atom stereocenters. The molecule has 1 N–H and O–H groups in total. The van der Waals surface area contributed by atoms with Crippen LogP contribution in [0.1, 0.15) is 5.56 Å². The van der Waals surface area contributed by atoms with Crippen molar-refractivity contribution in [1.29, 1.82) is 0 Å². The maximum atomic E-state index is 4.16. The van der Waals surface area contributed by atoms with Gasteiger partial charge >= 0.3 is 0 Å². The van der Waals surface area contributed by atoms with Crippen molar-refractivity contribution in [2.75, 3.05) is 11.9 Å². The van der Waals surface area contributed by atoms with Crippen LogP contribution in [0.15, 0.2) is 24.8 Å². The second-order valence-corrected chi connectivity index (χ2v) is 4.67. The number of hydrogen-bond acceptors (Lipinski definition) is 4. The average Bonchev–Trinajstić information content (AvgIpc) is 2.67. The van der Waals surface area contributed by atoms with Gasteiger partial charge in [0.05, 0.1) is 6.20 Å². The number of nitrogens with zero attached hydrogens (tertiary/aromatic N) is 4. The summed E-state index contributed by atoms with van der Waals surface area (Å²) in [4.78, 5) is 8.33. The van der Waals surface area contributed by atoms with Crippen LogP contribution in [-0.4, -0.2) is 26.3 Å². The summed E-state index contributed by atoms with van der Waals surface area (Å²) in [6, 6.07) is 0. The summed E-state index contributed by atoms with van der Waals surface area (Å²) in [6.07, 6.45) is 8.38. The molecule has 0 radical (unpaired) electrons. The first-order valence-electron chi connectivity index (χ1n) is 4.93. The van der Waals surface area contributed by atoms with E-state index in [0.717, 1.165) is 16.5 Å². The molecule has 2 aromatic heterocycles. The highest BCUT2D eigenvalue weighted by molar-refractivity contribution is 14.1. The van der Waals surface area contributed by atoms with Gasteiger partial charge in [-0.2, -0.15) is 5.10 Å². The van der Waals surface area contributed by atoms with Gasteiger partial charge in [-0.05, 0) is 34.6 Å². The SMILES string of the molecule is Cn1cc(CCNc2ncc(I)cn2)cn1. The Balaban J connectivity index is 1.82. The Hall–Kier alpha value is -1.18. The van der Waals surface area contributed by atoms with E-state index in [4.69, 9.17) is 0 Å². The molecule has 0 bridgehead atoms. The van der Waals surface area contributed by atoms with Crippen molar-refractivity contribution in [2.24, 2.45) is 7.05 Å². The smallest absolute Gasteiger partial charge is 0.222 e. The number of aromatic nitrogens is 4. The Morgan fingerprint density at radius 1 is 1.31 bits per heavy atom. The maximum Gasteiger partial charge on any atom is 0.222 e. The van der Waals surface area contributed by atoms with Crippen molar-refractivity contribution in [1.82, 2.24) is 19.7 Å². The van der Waals surface area contributed by atoms with Crippen LogP contribution in [-0.2, 0) is 13.5 Å². The van der Waals surface area contributed by atoms with Gasteiger partial charge in [-0.1, -0.05) is 0 Å². The number of anilines is 1. The Bertz CT molecular complexity index is 450. The number of halogens is 1. The Morgan fingerprint density at radius 2 is 2.06 bits per heavy atom. The molecule has 2 rings (SSSR count). The minimum absolute atomic E-state index is 0.671. The lowest BCUT2D eigenvalue weighted by Gasteiger charge is -2.02. The van der Waals surface area contributed by atoms with Gasteiger partial charge in [-0.15, -0.1) is 0 Å². The van der Waals surface area contributed by atoms with Crippen LogP contribution in [0, 0.1) is 3.57 Å². The standard InChI is InChI=1S/C10H12IN5/c1-16-7-8(4-15-16)2-3-12-10-13-5-9(11)6-14-10/h4-7H,2-3H2,1H3,(H,12,13,14). The summed E-state index contributed by atoms with van der Waals surface area (Å²) in [6.45, 7) is 0.812. The van der Waals surface area contributed by atoms with E-state index in [-0.39, 0.29) is 0 Å². The first-order valence-corrected chi connectivity index (χ1v) is 6.01. The van der Waals surface area contributed by atoms with Crippen LogP contribution >= 0.6 is 22.6 Å². The molecule has 0 fully saturated rings. The Labute approximate surface area is 107 Å². The lowest BCUT2D eigenvalue weighted by Crippen LogP contribution is -2.07. The molecule has 0 amide bonds. The van der Waals surface area contributed by atoms with Gasteiger partial charge in [0, 0.05) is 35.8 Å². The molecule has 16 heavy (non-hydrogen) atoms. The number of nitrogens with one attached hydrogen (secondary N) is 1. The van der Waals surface area contributed by atoms with Crippen LogP contribution in [0.25, 0.3) is 0 Å². The molecule has 2 aromatic rings. The highest BCUT2D eigenvalue weighted by Gasteiger charge is 1.98. The van der Waals surface area contributed by atoms with E-state index >= 15 is 0 Å². The lowest BCUT2D eigenvalue weighted by atomic mass is 10.2. The summed E-state index contributed by atoms with van der Waals surface area (Å²) in [7, 11) is 1.92. The van der Waals surface area contributed by atoms with Gasteiger partial charge in [0.1, 0.15) is 0 Å². The predicted octanol–water partition coefficient (Wildman–Crippen LogP) is 1.47. The van der Waals surface area contributed by atoms with Crippen molar-refractivity contribution in [3.8, 4) is 0 Å². The van der Waals surface area contributed by atoms with Crippen LogP contribution in [0.4, 0.5) is 5.95 Å². The predicted molar refractivity (Wildman–Crippen MR) is 70.2 cm³/mol. The summed E-state index contributed by atoms with van der Waals surface area (Å²) < 4.78 is 2.84. The van der Waals surface area contributed by atoms with Crippen molar-refractivity contribution < 1.29 is 0 Å². The van der Waals surface area contributed by atoms with Crippen LogP contribution in [0.3, 0.4) is 0 Å². The number of aryl methyl sites for hydroxylation is 1. The highest BCUT2D eigenvalue weighted by Crippen LogP contribution is 2.03. The van der Waals surface area contributed by atoms with Crippen LogP contribution < -0.4 is 5.32 Å². The van der Waals surface area contributed by atoms with E-state index in [9.17, 15) is 0 Å². The van der Waals surface area contributed by atoms with E-state index in [1.165, 1.54) is 5.56 Å². The highest BCUT2D eigenvalue weighted by atomic mass is 127. The zero-order valence-corrected chi connectivity index (χ0v) is 11.0. The quantitative estimate of drug-likeness (QED) is 0.863. The average molecular weight is 329 g/mol. The minimum Gasteiger partial charge on any atom is -0.354 e. The summed E-state index contributed by atoms with van der Waals surface area (Å²) in [5, 5.41) is 7.28. The third-order valence-electron chi connectivity index (χ3n) is 2.08. The van der Waals surface area contributed by atoms with E-state index in [1.54, 1.807) is 17.1 Å². The van der Waals surface area contributed by atoms with E-state index in [1.807, 2.05) is 19.4 Å². The van der Waals surface area contributed by atoms with Gasteiger partial charge in [0.15, 0.2) is 0 Å². The van der Waals surface area contributed by atoms with Crippen LogP contribution in [0.5, 0.6) is 0 Å². The maximum absolute atomic E-state index is 4.16. The molecule has 0 saturated carbocycles. The molecule has 0 aliphatic heterocycles. The molecule has 2 heterocycles. The van der Waals surface area contributed by atoms with Gasteiger partial charge in [-0.3, -0.25) is 4.68 Å². The second-order valence-electron chi connectivity index (χ2n) is 3.42. The van der Waals surface area contributed by atoms with E-state index in [0.29, 0.717) is 5.95 Å². The number of hydrogen-bond donors (Lipinski definition) is 1. The molecule has 0 aromatic carbocycles. The minimum atomic E-state index is 0.671. The first kappa shape index (κ1) is 11.3. The molecule has 0 aliphatic carbocycles. The van der Waals surface area contributed by atoms with Gasteiger partial charge in [0.2, 0.25) is 5.95 Å². The van der Waals surface area contributed by atoms with E-state index in [2.05, 4.69) is 43.0 Å². The van der Waals surface area contributed by atoms with Crippen molar-refractivity contribution >= 4 is 28.5 Å². The zero-order chi connectivity index (χ0) is 11.4. The molecule has 6 heteroatoms. The van der Waals surface area contributed by atoms with Gasteiger partial charge in [0.25, 0.3) is 0 Å². The monoisotopic (exact) mass is 329 g/mol. The van der Waals surface area contributed by atoms with Crippen molar-refractivity contribution in [2.45, 2.75) is 6.42 Å². The molecule has 0 unspecified atom stereocenters. The van der Waals surface area contributed by atoms with Gasteiger partial charge in [-0.25, -0.2) is 9.97 Å². The van der Waals surface area contributed by atoms with Gasteiger partial charge < -0.3 is 5.32 Å². The third kappa shape index (κ3) is 3.16. The molecule has 84 valence electrons. The molecule has 0 spiro atoms. The summed E-state index contributed by atoms with van der Waals surface area (Å²) >= 11 is 2.18. The van der Waals surface area contributed by atoms with Crippen molar-refractivity contribution in [3.05, 3.63) is 33.9 Å². The Kier molecular flexibility index (Phi) is 3.70. The fraction of sp³-hybridized carbons (Fsp3) is 0.300. The molecular weight excluding hydrogens is 317 g/mol. The fourth-order valence-electron chi connectivity index (χ4n) is 1.32. The fourth-order valence-corrected chi connectivity index (χ4v) is 1.60. The van der Waals surface area contributed by atoms with Crippen LogP contribution in [0.2, 0.25) is 0 Å². The number of rotatable bonds is 4. The molecular formula is C10H12IN5. The summed E-state index contributed by atoms with van der Waals surface area (Å²) in [5.41, 5.74) is 1.21. The lowest BCUT2D eigenvalue weighted by molar-refractivity contribution is 0.766. The Morgan fingerprint density at radius 3 is 2.69 bits per heavy atom. The summed E-state index contributed by atoms with van der Waals surface area (Å²) in [5.74, 6) is 0.671. The topological polar surface area (TPSA) is 55.6 Å². The molecule has 0 saturated heterocycles. The zero-order valence-electron chi connectivity index (χ0n) is 8.89. The second kappa shape index (κ2) is 5.24.